The molecule has 1 N–H and O–H groups in total. The highest BCUT2D eigenvalue weighted by Crippen LogP contribution is 2.26. The van der Waals surface area contributed by atoms with Gasteiger partial charge in [-0.1, -0.05) is 17.7 Å². The van der Waals surface area contributed by atoms with E-state index in [-0.39, 0.29) is 48.5 Å². The Bertz CT molecular complexity index is 850. The molecule has 9 heteroatoms. The normalized spacial score (nSPS) is 20.8. The van der Waals surface area contributed by atoms with Crippen LogP contribution in [0.15, 0.2) is 29.2 Å². The van der Waals surface area contributed by atoms with Gasteiger partial charge in [-0.15, -0.1) is 0 Å². The minimum atomic E-state index is -3.73. The summed E-state index contributed by atoms with van der Waals surface area (Å²) in [5, 5.41) is 2.75. The number of rotatable bonds is 7. The van der Waals surface area contributed by atoms with Crippen molar-refractivity contribution in [2.75, 3.05) is 19.6 Å². The summed E-state index contributed by atoms with van der Waals surface area (Å²) in [6.07, 6.45) is 2.04. The second kappa shape index (κ2) is 8.40. The summed E-state index contributed by atoms with van der Waals surface area (Å²) in [6, 6.07) is 5.85. The van der Waals surface area contributed by atoms with E-state index in [4.69, 9.17) is 0 Å². The maximum absolute atomic E-state index is 12.9. The minimum Gasteiger partial charge on any atom is -0.355 e. The number of hydrogen-bond acceptors (Lipinski definition) is 5. The first-order valence-electron chi connectivity index (χ1n) is 9.50. The molecule has 8 nitrogen and oxygen atoms in total. The standard InChI is InChI=1S/C19H25N3O5S/c1-14-5-7-15(8-6-14)28(26,27)22-13-2-4-16(22)19(25)20-11-3-12-21-17(23)9-10-18(21)24/h5-8,16H,2-4,9-13H2,1H3,(H,20,25)/t16-/m0/s1. The summed E-state index contributed by atoms with van der Waals surface area (Å²) in [4.78, 5) is 37.1. The molecule has 0 radical (unpaired) electrons. The van der Waals surface area contributed by atoms with E-state index < -0.39 is 16.1 Å². The lowest BCUT2D eigenvalue weighted by Gasteiger charge is -2.23. The van der Waals surface area contributed by atoms with Gasteiger partial charge in [0.1, 0.15) is 6.04 Å². The van der Waals surface area contributed by atoms with Crippen LogP contribution in [0.3, 0.4) is 0 Å². The van der Waals surface area contributed by atoms with Gasteiger partial charge >= 0.3 is 0 Å². The Morgan fingerprint density at radius 2 is 1.79 bits per heavy atom. The van der Waals surface area contributed by atoms with Crippen LogP contribution in [0.2, 0.25) is 0 Å². The summed E-state index contributed by atoms with van der Waals surface area (Å²) < 4.78 is 27.1. The first-order valence-corrected chi connectivity index (χ1v) is 10.9. The number of nitrogens with zero attached hydrogens (tertiary/aromatic N) is 2. The molecule has 1 aromatic rings. The van der Waals surface area contributed by atoms with Gasteiger partial charge in [0.25, 0.3) is 0 Å². The van der Waals surface area contributed by atoms with E-state index in [1.165, 1.54) is 9.21 Å². The van der Waals surface area contributed by atoms with Crippen molar-refractivity contribution in [1.29, 1.82) is 0 Å². The highest BCUT2D eigenvalue weighted by Gasteiger charge is 2.39. The van der Waals surface area contributed by atoms with Crippen LogP contribution in [0.5, 0.6) is 0 Å². The average Bonchev–Trinajstić information content (AvgIpc) is 3.27. The number of likely N-dealkylation sites (tertiary alicyclic amines) is 1. The van der Waals surface area contributed by atoms with Crippen LogP contribution in [0, 0.1) is 6.92 Å². The van der Waals surface area contributed by atoms with Crippen LogP contribution in [0.25, 0.3) is 0 Å². The monoisotopic (exact) mass is 407 g/mol. The summed E-state index contributed by atoms with van der Waals surface area (Å²) in [5.41, 5.74) is 0.963. The van der Waals surface area contributed by atoms with E-state index in [0.29, 0.717) is 25.8 Å². The lowest BCUT2D eigenvalue weighted by atomic mass is 10.2. The molecule has 3 amide bonds. The van der Waals surface area contributed by atoms with Crippen LogP contribution in [0.1, 0.15) is 37.7 Å². The van der Waals surface area contributed by atoms with Gasteiger partial charge in [-0.2, -0.15) is 4.31 Å². The number of aryl methyl sites for hydroxylation is 1. The van der Waals surface area contributed by atoms with Crippen molar-refractivity contribution in [2.24, 2.45) is 0 Å². The third-order valence-electron chi connectivity index (χ3n) is 5.15. The molecule has 2 aliphatic heterocycles. The van der Waals surface area contributed by atoms with Gasteiger partial charge in [-0.3, -0.25) is 19.3 Å². The second-order valence-electron chi connectivity index (χ2n) is 7.17. The van der Waals surface area contributed by atoms with Crippen LogP contribution >= 0.6 is 0 Å². The molecule has 0 spiro atoms. The molecule has 2 fully saturated rings. The molecule has 2 heterocycles. The van der Waals surface area contributed by atoms with Gasteiger partial charge < -0.3 is 5.32 Å². The zero-order valence-corrected chi connectivity index (χ0v) is 16.7. The van der Waals surface area contributed by atoms with Gasteiger partial charge in [0.05, 0.1) is 4.90 Å². The number of nitrogens with one attached hydrogen (secondary N) is 1. The van der Waals surface area contributed by atoms with Crippen LogP contribution in [-0.4, -0.2) is 61.0 Å². The van der Waals surface area contributed by atoms with Crippen molar-refractivity contribution >= 4 is 27.7 Å². The number of benzene rings is 1. The van der Waals surface area contributed by atoms with Crippen molar-refractivity contribution < 1.29 is 22.8 Å². The number of hydrogen-bond donors (Lipinski definition) is 1. The summed E-state index contributed by atoms with van der Waals surface area (Å²) in [7, 11) is -3.73. The van der Waals surface area contributed by atoms with Gasteiger partial charge in [-0.25, -0.2) is 8.42 Å². The van der Waals surface area contributed by atoms with Gasteiger partial charge in [-0.05, 0) is 38.3 Å². The highest BCUT2D eigenvalue weighted by molar-refractivity contribution is 7.89. The van der Waals surface area contributed by atoms with Crippen LogP contribution < -0.4 is 5.32 Å². The zero-order chi connectivity index (χ0) is 20.3. The summed E-state index contributed by atoms with van der Waals surface area (Å²) in [5.74, 6) is -0.697. The largest absolute Gasteiger partial charge is 0.355 e. The predicted octanol–water partition coefficient (Wildman–Crippen LogP) is 0.803. The first-order chi connectivity index (χ1) is 13.3. The fraction of sp³-hybridized carbons (Fsp3) is 0.526. The number of sulfonamides is 1. The zero-order valence-electron chi connectivity index (χ0n) is 15.9. The van der Waals surface area contributed by atoms with Gasteiger partial charge in [0.15, 0.2) is 0 Å². The third-order valence-corrected chi connectivity index (χ3v) is 7.07. The minimum absolute atomic E-state index is 0.178. The second-order valence-corrected chi connectivity index (χ2v) is 9.06. The molecular weight excluding hydrogens is 382 g/mol. The summed E-state index contributed by atoms with van der Waals surface area (Å²) >= 11 is 0. The van der Waals surface area contributed by atoms with E-state index in [1.807, 2.05) is 6.92 Å². The molecule has 2 saturated heterocycles. The summed E-state index contributed by atoms with van der Waals surface area (Å²) in [6.45, 7) is 2.75. The molecule has 0 bridgehead atoms. The van der Waals surface area contributed by atoms with Crippen molar-refractivity contribution in [3.63, 3.8) is 0 Å². The Hall–Kier alpha value is -2.26. The molecule has 152 valence electrons. The molecule has 0 unspecified atom stereocenters. The van der Waals surface area contributed by atoms with Crippen molar-refractivity contribution in [3.8, 4) is 0 Å². The maximum atomic E-state index is 12.9. The van der Waals surface area contributed by atoms with E-state index in [0.717, 1.165) is 5.56 Å². The molecule has 2 aliphatic rings. The van der Waals surface area contributed by atoms with Crippen LogP contribution in [-0.2, 0) is 24.4 Å². The van der Waals surface area contributed by atoms with Crippen molar-refractivity contribution in [3.05, 3.63) is 29.8 Å². The fourth-order valence-corrected chi connectivity index (χ4v) is 5.23. The molecule has 0 saturated carbocycles. The Kier molecular flexibility index (Phi) is 6.14. The number of imide groups is 1. The topological polar surface area (TPSA) is 104 Å². The molecule has 3 rings (SSSR count). The first kappa shape index (κ1) is 20.5. The molecule has 28 heavy (non-hydrogen) atoms. The van der Waals surface area contributed by atoms with E-state index >= 15 is 0 Å². The Morgan fingerprint density at radius 3 is 2.43 bits per heavy atom. The van der Waals surface area contributed by atoms with Crippen molar-refractivity contribution in [2.45, 2.75) is 50.0 Å². The maximum Gasteiger partial charge on any atom is 0.243 e. The van der Waals surface area contributed by atoms with Gasteiger partial charge in [0, 0.05) is 32.5 Å². The van der Waals surface area contributed by atoms with E-state index in [9.17, 15) is 22.8 Å². The number of carbonyl (C=O) groups is 3. The number of carbonyl (C=O) groups excluding carboxylic acids is 3. The molecule has 1 atom stereocenters. The average molecular weight is 407 g/mol. The fourth-order valence-electron chi connectivity index (χ4n) is 3.57. The lowest BCUT2D eigenvalue weighted by Crippen LogP contribution is -2.46. The predicted molar refractivity (Wildman–Crippen MR) is 102 cm³/mol. The lowest BCUT2D eigenvalue weighted by molar-refractivity contribution is -0.138. The van der Waals surface area contributed by atoms with Crippen LogP contribution in [0.4, 0.5) is 0 Å². The Morgan fingerprint density at radius 1 is 1.14 bits per heavy atom. The highest BCUT2D eigenvalue weighted by atomic mass is 32.2. The molecular formula is C19H25N3O5S. The molecule has 0 aromatic heterocycles. The SMILES string of the molecule is Cc1ccc(S(=O)(=O)N2CCC[C@H]2C(=O)NCCCN2C(=O)CCC2=O)cc1. The molecule has 1 aromatic carbocycles. The smallest absolute Gasteiger partial charge is 0.243 e. The van der Waals surface area contributed by atoms with Gasteiger partial charge in [0.2, 0.25) is 27.7 Å². The van der Waals surface area contributed by atoms with Crippen molar-refractivity contribution in [1.82, 2.24) is 14.5 Å². The number of amides is 3. The van der Waals surface area contributed by atoms with E-state index in [2.05, 4.69) is 5.32 Å². The Balaban J connectivity index is 1.56. The Labute approximate surface area is 164 Å². The third kappa shape index (κ3) is 4.25. The quantitative estimate of drug-likeness (QED) is 0.532. The molecule has 0 aliphatic carbocycles. The van der Waals surface area contributed by atoms with E-state index in [1.54, 1.807) is 24.3 Å².